The predicted octanol–water partition coefficient (Wildman–Crippen LogP) is 5.49. The SMILES string of the molecule is CCCNC(=O)C(CC)N(Cc1ccccc1C)C(=O)CN(c1ccc(Cl)cc1C)S(=O)(=O)c1ccccc1. The van der Waals surface area contributed by atoms with Crippen LogP contribution < -0.4 is 9.62 Å². The van der Waals surface area contributed by atoms with Crippen molar-refractivity contribution in [1.29, 1.82) is 0 Å². The lowest BCUT2D eigenvalue weighted by Crippen LogP contribution is -2.52. The average molecular weight is 570 g/mol. The van der Waals surface area contributed by atoms with Crippen molar-refractivity contribution >= 4 is 39.1 Å². The Labute approximate surface area is 236 Å². The van der Waals surface area contributed by atoms with Crippen molar-refractivity contribution in [2.24, 2.45) is 0 Å². The van der Waals surface area contributed by atoms with Gasteiger partial charge in [-0.25, -0.2) is 8.42 Å². The van der Waals surface area contributed by atoms with Crippen LogP contribution in [0.2, 0.25) is 5.02 Å². The summed E-state index contributed by atoms with van der Waals surface area (Å²) in [4.78, 5) is 28.8. The van der Waals surface area contributed by atoms with Gasteiger partial charge < -0.3 is 10.2 Å². The molecule has 0 radical (unpaired) electrons. The van der Waals surface area contributed by atoms with E-state index in [1.165, 1.54) is 17.0 Å². The first-order chi connectivity index (χ1) is 18.6. The van der Waals surface area contributed by atoms with Crippen LogP contribution in [0.4, 0.5) is 5.69 Å². The van der Waals surface area contributed by atoms with Crippen LogP contribution in [0.5, 0.6) is 0 Å². The Morgan fingerprint density at radius 2 is 1.59 bits per heavy atom. The van der Waals surface area contributed by atoms with E-state index < -0.39 is 28.5 Å². The van der Waals surface area contributed by atoms with Crippen LogP contribution in [0.15, 0.2) is 77.7 Å². The number of carbonyl (C=O) groups excluding carboxylic acids is 2. The van der Waals surface area contributed by atoms with Gasteiger partial charge >= 0.3 is 0 Å². The molecule has 0 aliphatic carbocycles. The van der Waals surface area contributed by atoms with E-state index >= 15 is 0 Å². The minimum atomic E-state index is -4.12. The van der Waals surface area contributed by atoms with Crippen LogP contribution in [0.1, 0.15) is 43.4 Å². The standard InChI is InChI=1S/C30H36ClN3O4S/c1-5-18-32-30(36)27(6-2)33(20-24-13-11-10-12-22(24)3)29(35)21-34(28-17-16-25(31)19-23(28)4)39(37,38)26-14-8-7-9-15-26/h7-17,19,27H,5-6,18,20-21H2,1-4H3,(H,32,36). The second-order valence-electron chi connectivity index (χ2n) is 9.42. The molecule has 1 N–H and O–H groups in total. The Kier molecular flexibility index (Phi) is 10.5. The molecule has 3 aromatic rings. The lowest BCUT2D eigenvalue weighted by molar-refractivity contribution is -0.140. The summed E-state index contributed by atoms with van der Waals surface area (Å²) in [5, 5.41) is 3.35. The van der Waals surface area contributed by atoms with Gasteiger partial charge in [0, 0.05) is 18.1 Å². The predicted molar refractivity (Wildman–Crippen MR) is 156 cm³/mol. The molecule has 2 amide bonds. The van der Waals surface area contributed by atoms with E-state index in [2.05, 4.69) is 5.32 Å². The normalized spacial score (nSPS) is 12.0. The molecule has 0 aliphatic heterocycles. The number of hydrogen-bond acceptors (Lipinski definition) is 4. The number of nitrogens with zero attached hydrogens (tertiary/aromatic N) is 2. The van der Waals surface area contributed by atoms with Crippen LogP contribution in [0, 0.1) is 13.8 Å². The van der Waals surface area contributed by atoms with Crippen LogP contribution in [-0.2, 0) is 26.2 Å². The molecule has 1 atom stereocenters. The average Bonchev–Trinajstić information content (AvgIpc) is 2.92. The number of aryl methyl sites for hydroxylation is 2. The zero-order chi connectivity index (χ0) is 28.6. The molecule has 7 nitrogen and oxygen atoms in total. The number of hydrogen-bond donors (Lipinski definition) is 1. The third-order valence-electron chi connectivity index (χ3n) is 6.57. The fourth-order valence-electron chi connectivity index (χ4n) is 4.39. The molecule has 1 unspecified atom stereocenters. The number of anilines is 1. The molecular weight excluding hydrogens is 534 g/mol. The van der Waals surface area contributed by atoms with Gasteiger partial charge in [-0.1, -0.05) is 67.9 Å². The molecule has 0 heterocycles. The molecule has 208 valence electrons. The van der Waals surface area contributed by atoms with Gasteiger partial charge in [-0.05, 0) is 73.7 Å². The van der Waals surface area contributed by atoms with Crippen molar-refractivity contribution in [3.05, 3.63) is 94.5 Å². The number of nitrogens with one attached hydrogen (secondary N) is 1. The largest absolute Gasteiger partial charge is 0.354 e. The van der Waals surface area contributed by atoms with Crippen molar-refractivity contribution in [3.63, 3.8) is 0 Å². The number of benzene rings is 3. The molecule has 0 spiro atoms. The van der Waals surface area contributed by atoms with Crippen LogP contribution in [0.25, 0.3) is 0 Å². The van der Waals surface area contributed by atoms with E-state index in [9.17, 15) is 18.0 Å². The quantitative estimate of drug-likeness (QED) is 0.313. The molecule has 3 aromatic carbocycles. The monoisotopic (exact) mass is 569 g/mol. The molecule has 0 saturated carbocycles. The van der Waals surface area contributed by atoms with Gasteiger partial charge in [0.05, 0.1) is 10.6 Å². The zero-order valence-electron chi connectivity index (χ0n) is 22.9. The minimum Gasteiger partial charge on any atom is -0.354 e. The molecule has 0 bridgehead atoms. The highest BCUT2D eigenvalue weighted by molar-refractivity contribution is 7.92. The summed E-state index contributed by atoms with van der Waals surface area (Å²) >= 11 is 6.16. The van der Waals surface area contributed by atoms with E-state index in [4.69, 9.17) is 11.6 Å². The second-order valence-corrected chi connectivity index (χ2v) is 11.7. The highest BCUT2D eigenvalue weighted by Gasteiger charge is 2.34. The summed E-state index contributed by atoms with van der Waals surface area (Å²) in [6.07, 6.45) is 1.13. The second kappa shape index (κ2) is 13.6. The lowest BCUT2D eigenvalue weighted by Gasteiger charge is -2.34. The third kappa shape index (κ3) is 7.40. The maximum absolute atomic E-state index is 14.1. The van der Waals surface area contributed by atoms with Gasteiger partial charge in [-0.2, -0.15) is 0 Å². The fourth-order valence-corrected chi connectivity index (χ4v) is 6.11. The topological polar surface area (TPSA) is 86.8 Å². The molecule has 0 aromatic heterocycles. The number of amides is 2. The van der Waals surface area contributed by atoms with Crippen LogP contribution >= 0.6 is 11.6 Å². The highest BCUT2D eigenvalue weighted by Crippen LogP contribution is 2.29. The Morgan fingerprint density at radius 1 is 0.923 bits per heavy atom. The van der Waals surface area contributed by atoms with Crippen LogP contribution in [-0.4, -0.2) is 44.3 Å². The van der Waals surface area contributed by atoms with E-state index in [1.54, 1.807) is 43.3 Å². The molecule has 0 saturated heterocycles. The van der Waals surface area contributed by atoms with Gasteiger partial charge in [-0.3, -0.25) is 13.9 Å². The maximum Gasteiger partial charge on any atom is 0.264 e. The van der Waals surface area contributed by atoms with Crippen molar-refractivity contribution < 1.29 is 18.0 Å². The van der Waals surface area contributed by atoms with Crippen LogP contribution in [0.3, 0.4) is 0 Å². The first kappa shape index (κ1) is 30.2. The Balaban J connectivity index is 2.08. The first-order valence-electron chi connectivity index (χ1n) is 13.1. The van der Waals surface area contributed by atoms with Gasteiger partial charge in [-0.15, -0.1) is 0 Å². The van der Waals surface area contributed by atoms with Gasteiger partial charge in [0.1, 0.15) is 12.6 Å². The molecule has 39 heavy (non-hydrogen) atoms. The van der Waals surface area contributed by atoms with Crippen molar-refractivity contribution in [1.82, 2.24) is 10.2 Å². The van der Waals surface area contributed by atoms with Crippen molar-refractivity contribution in [3.8, 4) is 0 Å². The summed E-state index contributed by atoms with van der Waals surface area (Å²) in [6.45, 7) is 7.66. The van der Waals surface area contributed by atoms with Gasteiger partial charge in [0.15, 0.2) is 0 Å². The van der Waals surface area contributed by atoms with E-state index in [-0.39, 0.29) is 17.3 Å². The summed E-state index contributed by atoms with van der Waals surface area (Å²) in [6, 6.07) is 19.7. The lowest BCUT2D eigenvalue weighted by atomic mass is 10.1. The number of halogens is 1. The molecule has 3 rings (SSSR count). The summed E-state index contributed by atoms with van der Waals surface area (Å²) in [5.74, 6) is -0.743. The van der Waals surface area contributed by atoms with Crippen molar-refractivity contribution in [2.75, 3.05) is 17.4 Å². The van der Waals surface area contributed by atoms with E-state index in [1.807, 2.05) is 45.0 Å². The Morgan fingerprint density at radius 3 is 2.21 bits per heavy atom. The maximum atomic E-state index is 14.1. The molecular formula is C30H36ClN3O4S. The zero-order valence-corrected chi connectivity index (χ0v) is 24.4. The van der Waals surface area contributed by atoms with Gasteiger partial charge in [0.25, 0.3) is 10.0 Å². The number of sulfonamides is 1. The highest BCUT2D eigenvalue weighted by atomic mass is 35.5. The Bertz CT molecular complexity index is 1400. The fraction of sp³-hybridized carbons (Fsp3) is 0.333. The molecule has 9 heteroatoms. The Hall–Kier alpha value is -3.36. The smallest absolute Gasteiger partial charge is 0.264 e. The third-order valence-corrected chi connectivity index (χ3v) is 8.58. The summed E-state index contributed by atoms with van der Waals surface area (Å²) < 4.78 is 28.9. The number of rotatable bonds is 12. The minimum absolute atomic E-state index is 0.0605. The first-order valence-corrected chi connectivity index (χ1v) is 14.9. The van der Waals surface area contributed by atoms with Gasteiger partial charge in [0.2, 0.25) is 11.8 Å². The van der Waals surface area contributed by atoms with E-state index in [0.717, 1.165) is 21.9 Å². The molecule has 0 aliphatic rings. The molecule has 0 fully saturated rings. The summed E-state index contributed by atoms with van der Waals surface area (Å²) in [5.41, 5.74) is 2.80. The van der Waals surface area contributed by atoms with Crippen molar-refractivity contribution in [2.45, 2.75) is 58.0 Å². The summed E-state index contributed by atoms with van der Waals surface area (Å²) in [7, 11) is -4.12. The van der Waals surface area contributed by atoms with E-state index in [0.29, 0.717) is 29.2 Å². The number of carbonyl (C=O) groups is 2.